The molecule has 0 spiro atoms. The molecule has 1 aliphatic carbocycles. The van der Waals surface area contributed by atoms with Crippen molar-refractivity contribution in [3.8, 4) is 11.5 Å². The summed E-state index contributed by atoms with van der Waals surface area (Å²) in [6, 6.07) is 7.19. The fourth-order valence-corrected chi connectivity index (χ4v) is 2.50. The highest BCUT2D eigenvalue weighted by atomic mass is 16.5. The summed E-state index contributed by atoms with van der Waals surface area (Å²) in [6.07, 6.45) is 4.02. The number of hydrogen-bond donors (Lipinski definition) is 1. The number of ether oxygens (including phenoxy) is 2. The van der Waals surface area contributed by atoms with E-state index in [4.69, 9.17) is 9.47 Å². The average Bonchev–Trinajstić information content (AvgIpc) is 2.40. The first-order valence-electron chi connectivity index (χ1n) is 6.81. The van der Waals surface area contributed by atoms with Crippen LogP contribution in [0.4, 0.5) is 0 Å². The van der Waals surface area contributed by atoms with Crippen LogP contribution in [0.2, 0.25) is 0 Å². The molecular formula is C15H20O4. The van der Waals surface area contributed by atoms with E-state index in [1.807, 2.05) is 19.1 Å². The molecule has 1 saturated carbocycles. The third-order valence-corrected chi connectivity index (χ3v) is 3.48. The number of aliphatic carboxylic acids is 1. The number of hydrogen-bond acceptors (Lipinski definition) is 3. The smallest absolute Gasteiger partial charge is 0.348 e. The molecule has 4 nitrogen and oxygen atoms in total. The lowest BCUT2D eigenvalue weighted by molar-refractivity contribution is -0.158. The van der Waals surface area contributed by atoms with E-state index in [1.165, 1.54) is 0 Å². The Morgan fingerprint density at radius 1 is 1.26 bits per heavy atom. The van der Waals surface area contributed by atoms with Crippen molar-refractivity contribution in [3.05, 3.63) is 24.3 Å². The predicted octanol–water partition coefficient (Wildman–Crippen LogP) is 3.25. The molecule has 4 heteroatoms. The number of carboxylic acids is 1. The van der Waals surface area contributed by atoms with Crippen molar-refractivity contribution in [2.45, 2.75) is 44.6 Å². The van der Waals surface area contributed by atoms with Crippen molar-refractivity contribution in [1.29, 1.82) is 0 Å². The van der Waals surface area contributed by atoms with Crippen LogP contribution in [-0.4, -0.2) is 23.3 Å². The van der Waals surface area contributed by atoms with Crippen molar-refractivity contribution in [3.63, 3.8) is 0 Å². The lowest BCUT2D eigenvalue weighted by Crippen LogP contribution is -2.46. The Bertz CT molecular complexity index is 436. The van der Waals surface area contributed by atoms with E-state index in [0.29, 0.717) is 30.9 Å². The van der Waals surface area contributed by atoms with E-state index in [2.05, 4.69) is 0 Å². The van der Waals surface area contributed by atoms with Crippen LogP contribution in [0.5, 0.6) is 11.5 Å². The summed E-state index contributed by atoms with van der Waals surface area (Å²) >= 11 is 0. The van der Waals surface area contributed by atoms with Crippen molar-refractivity contribution in [1.82, 2.24) is 0 Å². The molecule has 104 valence electrons. The lowest BCUT2D eigenvalue weighted by Gasteiger charge is -2.33. The highest BCUT2D eigenvalue weighted by Crippen LogP contribution is 2.34. The van der Waals surface area contributed by atoms with Gasteiger partial charge in [-0.2, -0.15) is 0 Å². The van der Waals surface area contributed by atoms with Crippen molar-refractivity contribution >= 4 is 5.97 Å². The molecule has 19 heavy (non-hydrogen) atoms. The Labute approximate surface area is 113 Å². The van der Waals surface area contributed by atoms with Crippen LogP contribution in [0, 0.1) is 0 Å². The highest BCUT2D eigenvalue weighted by Gasteiger charge is 2.42. The van der Waals surface area contributed by atoms with E-state index < -0.39 is 11.6 Å². The summed E-state index contributed by atoms with van der Waals surface area (Å²) in [7, 11) is 0. The van der Waals surface area contributed by atoms with Gasteiger partial charge in [0.1, 0.15) is 11.5 Å². The van der Waals surface area contributed by atoms with E-state index in [9.17, 15) is 9.90 Å². The predicted molar refractivity (Wildman–Crippen MR) is 71.7 cm³/mol. The first-order chi connectivity index (χ1) is 9.16. The molecule has 0 aromatic heterocycles. The molecule has 1 aliphatic rings. The number of benzene rings is 1. The summed E-state index contributed by atoms with van der Waals surface area (Å²) in [4.78, 5) is 11.5. The summed E-state index contributed by atoms with van der Waals surface area (Å²) in [6.45, 7) is 2.49. The molecule has 0 atom stereocenters. The molecule has 0 bridgehead atoms. The first-order valence-corrected chi connectivity index (χ1v) is 6.81. The second kappa shape index (κ2) is 5.95. The highest BCUT2D eigenvalue weighted by molar-refractivity contribution is 5.78. The van der Waals surface area contributed by atoms with Crippen LogP contribution in [-0.2, 0) is 4.79 Å². The van der Waals surface area contributed by atoms with Gasteiger partial charge < -0.3 is 14.6 Å². The number of carbonyl (C=O) groups is 1. The van der Waals surface area contributed by atoms with Gasteiger partial charge in [0.25, 0.3) is 0 Å². The van der Waals surface area contributed by atoms with Gasteiger partial charge in [-0.15, -0.1) is 0 Å². The SMILES string of the molecule is CCOc1cccc(OC2(C(=O)O)CCCCC2)c1. The third kappa shape index (κ3) is 3.19. The van der Waals surface area contributed by atoms with Gasteiger partial charge in [0.15, 0.2) is 0 Å². The Hall–Kier alpha value is -1.71. The molecule has 2 rings (SSSR count). The molecule has 0 aliphatic heterocycles. The summed E-state index contributed by atoms with van der Waals surface area (Å²) in [5.74, 6) is 0.403. The van der Waals surface area contributed by atoms with Crippen LogP contribution >= 0.6 is 0 Å². The minimum Gasteiger partial charge on any atom is -0.494 e. The van der Waals surface area contributed by atoms with Gasteiger partial charge in [0, 0.05) is 6.07 Å². The minimum absolute atomic E-state index is 0.565. The van der Waals surface area contributed by atoms with Gasteiger partial charge in [-0.25, -0.2) is 4.79 Å². The molecule has 0 unspecified atom stereocenters. The molecule has 0 heterocycles. The fourth-order valence-electron chi connectivity index (χ4n) is 2.50. The molecular weight excluding hydrogens is 244 g/mol. The van der Waals surface area contributed by atoms with E-state index in [1.54, 1.807) is 12.1 Å². The standard InChI is InChI=1S/C15H20O4/c1-2-18-12-7-6-8-13(11-12)19-15(14(16)17)9-4-3-5-10-15/h6-8,11H,2-5,9-10H2,1H3,(H,16,17). The Balaban J connectivity index is 2.17. The number of carboxylic acid groups (broad SMARTS) is 1. The maximum atomic E-state index is 11.5. The van der Waals surface area contributed by atoms with Gasteiger partial charge >= 0.3 is 5.97 Å². The van der Waals surface area contributed by atoms with E-state index in [-0.39, 0.29) is 0 Å². The maximum absolute atomic E-state index is 11.5. The summed E-state index contributed by atoms with van der Waals surface area (Å²) in [5, 5.41) is 9.47. The molecule has 1 aromatic rings. The van der Waals surface area contributed by atoms with Crippen LogP contribution in [0.25, 0.3) is 0 Å². The molecule has 1 aromatic carbocycles. The summed E-state index contributed by atoms with van der Waals surface area (Å²) < 4.78 is 11.2. The zero-order chi connectivity index (χ0) is 13.7. The van der Waals surface area contributed by atoms with Crippen LogP contribution in [0.3, 0.4) is 0 Å². The normalized spacial score (nSPS) is 17.7. The van der Waals surface area contributed by atoms with Gasteiger partial charge in [0.05, 0.1) is 6.61 Å². The zero-order valence-electron chi connectivity index (χ0n) is 11.2. The Kier molecular flexibility index (Phi) is 4.30. The molecule has 0 radical (unpaired) electrons. The Morgan fingerprint density at radius 2 is 1.95 bits per heavy atom. The topological polar surface area (TPSA) is 55.8 Å². The van der Waals surface area contributed by atoms with Gasteiger partial charge in [-0.05, 0) is 44.7 Å². The quantitative estimate of drug-likeness (QED) is 0.887. The van der Waals surface area contributed by atoms with Crippen molar-refractivity contribution in [2.24, 2.45) is 0 Å². The zero-order valence-corrected chi connectivity index (χ0v) is 11.2. The second-order valence-electron chi connectivity index (χ2n) is 4.87. The molecule has 0 amide bonds. The molecule has 1 fully saturated rings. The first kappa shape index (κ1) is 13.7. The van der Waals surface area contributed by atoms with E-state index in [0.717, 1.165) is 19.3 Å². The van der Waals surface area contributed by atoms with E-state index >= 15 is 0 Å². The van der Waals surface area contributed by atoms with Gasteiger partial charge in [0.2, 0.25) is 5.60 Å². The fraction of sp³-hybridized carbons (Fsp3) is 0.533. The number of rotatable bonds is 5. The third-order valence-electron chi connectivity index (χ3n) is 3.48. The van der Waals surface area contributed by atoms with Crippen molar-refractivity contribution < 1.29 is 19.4 Å². The lowest BCUT2D eigenvalue weighted by atomic mass is 9.84. The van der Waals surface area contributed by atoms with Gasteiger partial charge in [-0.3, -0.25) is 0 Å². The largest absolute Gasteiger partial charge is 0.494 e. The maximum Gasteiger partial charge on any atom is 0.348 e. The minimum atomic E-state index is -1.07. The average molecular weight is 264 g/mol. The Morgan fingerprint density at radius 3 is 2.58 bits per heavy atom. The second-order valence-corrected chi connectivity index (χ2v) is 4.87. The molecule has 0 saturated heterocycles. The van der Waals surface area contributed by atoms with Crippen LogP contribution < -0.4 is 9.47 Å². The van der Waals surface area contributed by atoms with Crippen LogP contribution in [0.1, 0.15) is 39.0 Å². The van der Waals surface area contributed by atoms with Crippen molar-refractivity contribution in [2.75, 3.05) is 6.61 Å². The molecule has 1 N–H and O–H groups in total. The monoisotopic (exact) mass is 264 g/mol. The van der Waals surface area contributed by atoms with Gasteiger partial charge in [-0.1, -0.05) is 12.5 Å². The summed E-state index contributed by atoms with van der Waals surface area (Å²) in [5.41, 5.74) is -1.07. The van der Waals surface area contributed by atoms with Crippen LogP contribution in [0.15, 0.2) is 24.3 Å².